The molecule has 3 aromatic rings. The van der Waals surface area contributed by atoms with Crippen LogP contribution in [0.3, 0.4) is 0 Å². The number of aromatic nitrogens is 2. The number of hydrogen-bond acceptors (Lipinski definition) is 5. The predicted octanol–water partition coefficient (Wildman–Crippen LogP) is 2.45. The number of halogens is 2. The molecule has 1 aromatic heterocycles. The summed E-state index contributed by atoms with van der Waals surface area (Å²) >= 11 is 0. The van der Waals surface area contributed by atoms with E-state index in [-0.39, 0.29) is 5.56 Å². The van der Waals surface area contributed by atoms with E-state index in [4.69, 9.17) is 5.73 Å². The molecule has 0 saturated carbocycles. The summed E-state index contributed by atoms with van der Waals surface area (Å²) < 4.78 is 27.2. The van der Waals surface area contributed by atoms with Crippen LogP contribution in [0.15, 0.2) is 42.5 Å². The van der Waals surface area contributed by atoms with E-state index in [0.717, 1.165) is 29.1 Å². The molecule has 4 rings (SSSR count). The summed E-state index contributed by atoms with van der Waals surface area (Å²) in [6.45, 7) is 2.50. The highest BCUT2D eigenvalue weighted by atomic mass is 19.1. The van der Waals surface area contributed by atoms with Gasteiger partial charge in [0.05, 0.1) is 17.6 Å². The van der Waals surface area contributed by atoms with Crippen molar-refractivity contribution in [1.29, 1.82) is 0 Å². The largest absolute Gasteiger partial charge is 0.383 e. The Morgan fingerprint density at radius 3 is 2.57 bits per heavy atom. The number of nitrogens with zero attached hydrogens (tertiary/aromatic N) is 4. The fraction of sp³-hybridized carbons (Fsp3) is 0.250. The van der Waals surface area contributed by atoms with Gasteiger partial charge in [-0.3, -0.25) is 9.69 Å². The van der Waals surface area contributed by atoms with Gasteiger partial charge in [-0.25, -0.2) is 18.7 Å². The van der Waals surface area contributed by atoms with Gasteiger partial charge >= 0.3 is 0 Å². The summed E-state index contributed by atoms with van der Waals surface area (Å²) in [6.07, 6.45) is 0. The van der Waals surface area contributed by atoms with Crippen molar-refractivity contribution in [3.63, 3.8) is 0 Å². The van der Waals surface area contributed by atoms with Gasteiger partial charge < -0.3 is 10.6 Å². The van der Waals surface area contributed by atoms with Crippen LogP contribution in [0.5, 0.6) is 0 Å². The molecule has 0 aliphatic carbocycles. The first-order chi connectivity index (χ1) is 13.5. The Labute approximate surface area is 160 Å². The van der Waals surface area contributed by atoms with Crippen molar-refractivity contribution in [1.82, 2.24) is 19.8 Å². The second-order valence-electron chi connectivity index (χ2n) is 6.73. The Bertz CT molecular complexity index is 1030. The van der Waals surface area contributed by atoms with Gasteiger partial charge in [0.25, 0.3) is 5.91 Å². The van der Waals surface area contributed by atoms with E-state index < -0.39 is 17.5 Å². The van der Waals surface area contributed by atoms with Crippen LogP contribution in [0, 0.1) is 11.6 Å². The van der Waals surface area contributed by atoms with Gasteiger partial charge in [-0.15, -0.1) is 0 Å². The summed E-state index contributed by atoms with van der Waals surface area (Å²) in [7, 11) is 0. The van der Waals surface area contributed by atoms with Crippen LogP contribution < -0.4 is 5.73 Å². The first kappa shape index (κ1) is 18.2. The standard InChI is InChI=1S/C20H19F2N5O/c21-13-5-6-16(22)15(11-13)20(28)27-9-7-26(8-10-27)12-18-24-17-4-2-1-3-14(17)19(23)25-18/h1-6,11H,7-10,12H2,(H2,23,24,25). The highest BCUT2D eigenvalue weighted by Crippen LogP contribution is 2.19. The minimum atomic E-state index is -0.714. The molecule has 144 valence electrons. The van der Waals surface area contributed by atoms with Crippen LogP contribution >= 0.6 is 0 Å². The summed E-state index contributed by atoms with van der Waals surface area (Å²) in [4.78, 5) is 25.0. The lowest BCUT2D eigenvalue weighted by atomic mass is 10.1. The van der Waals surface area contributed by atoms with Crippen molar-refractivity contribution in [2.45, 2.75) is 6.54 Å². The fourth-order valence-electron chi connectivity index (χ4n) is 3.36. The maximum Gasteiger partial charge on any atom is 0.257 e. The molecule has 1 amide bonds. The van der Waals surface area contributed by atoms with Gasteiger partial charge in [0, 0.05) is 31.6 Å². The second kappa shape index (κ2) is 7.47. The average molecular weight is 383 g/mol. The number of carbonyl (C=O) groups is 1. The van der Waals surface area contributed by atoms with Gasteiger partial charge in [0.2, 0.25) is 0 Å². The van der Waals surface area contributed by atoms with Crippen molar-refractivity contribution >= 4 is 22.6 Å². The molecular formula is C20H19F2N5O. The predicted molar refractivity (Wildman–Crippen MR) is 101 cm³/mol. The number of piperazine rings is 1. The molecule has 0 bridgehead atoms. The number of hydrogen-bond donors (Lipinski definition) is 1. The quantitative estimate of drug-likeness (QED) is 0.752. The molecule has 1 fully saturated rings. The number of fused-ring (bicyclic) bond motifs is 1. The van der Waals surface area contributed by atoms with Gasteiger partial charge in [0.1, 0.15) is 23.3 Å². The summed E-state index contributed by atoms with van der Waals surface area (Å²) in [5.74, 6) is -0.783. The number of para-hydroxylation sites is 1. The number of carbonyl (C=O) groups excluding carboxylic acids is 1. The summed E-state index contributed by atoms with van der Waals surface area (Å²) in [5.41, 5.74) is 6.58. The molecule has 1 aliphatic heterocycles. The van der Waals surface area contributed by atoms with E-state index in [9.17, 15) is 13.6 Å². The second-order valence-corrected chi connectivity index (χ2v) is 6.73. The highest BCUT2D eigenvalue weighted by molar-refractivity contribution is 5.94. The minimum absolute atomic E-state index is 0.237. The van der Waals surface area contributed by atoms with Crippen LogP contribution in [-0.2, 0) is 6.54 Å². The molecular weight excluding hydrogens is 364 g/mol. The smallest absolute Gasteiger partial charge is 0.257 e. The Morgan fingerprint density at radius 2 is 1.79 bits per heavy atom. The zero-order valence-electron chi connectivity index (χ0n) is 15.1. The lowest BCUT2D eigenvalue weighted by Crippen LogP contribution is -2.48. The van der Waals surface area contributed by atoms with Gasteiger partial charge in [-0.1, -0.05) is 12.1 Å². The zero-order valence-corrected chi connectivity index (χ0v) is 15.1. The van der Waals surface area contributed by atoms with E-state index in [2.05, 4.69) is 14.9 Å². The molecule has 0 atom stereocenters. The Hall–Kier alpha value is -3.13. The molecule has 28 heavy (non-hydrogen) atoms. The molecule has 0 spiro atoms. The third-order valence-corrected chi connectivity index (χ3v) is 4.86. The molecule has 0 radical (unpaired) electrons. The van der Waals surface area contributed by atoms with Gasteiger partial charge in [-0.05, 0) is 30.3 Å². The first-order valence-corrected chi connectivity index (χ1v) is 8.99. The maximum absolute atomic E-state index is 13.9. The van der Waals surface area contributed by atoms with Crippen LogP contribution in [0.4, 0.5) is 14.6 Å². The molecule has 1 saturated heterocycles. The van der Waals surface area contributed by atoms with E-state index in [1.54, 1.807) is 0 Å². The molecule has 0 unspecified atom stereocenters. The number of benzene rings is 2. The number of amides is 1. The first-order valence-electron chi connectivity index (χ1n) is 8.99. The monoisotopic (exact) mass is 383 g/mol. The fourth-order valence-corrected chi connectivity index (χ4v) is 3.36. The molecule has 6 nitrogen and oxygen atoms in total. The van der Waals surface area contributed by atoms with E-state index >= 15 is 0 Å². The van der Waals surface area contributed by atoms with Crippen molar-refractivity contribution in [2.24, 2.45) is 0 Å². The van der Waals surface area contributed by atoms with Crippen LogP contribution in [0.2, 0.25) is 0 Å². The van der Waals surface area contributed by atoms with E-state index in [0.29, 0.717) is 44.4 Å². The normalized spacial score (nSPS) is 15.1. The number of nitrogens with two attached hydrogens (primary N) is 1. The number of anilines is 1. The topological polar surface area (TPSA) is 75.3 Å². The minimum Gasteiger partial charge on any atom is -0.383 e. The molecule has 2 N–H and O–H groups in total. The highest BCUT2D eigenvalue weighted by Gasteiger charge is 2.25. The molecule has 2 heterocycles. The summed E-state index contributed by atoms with van der Waals surface area (Å²) in [5, 5.41) is 0.818. The third-order valence-electron chi connectivity index (χ3n) is 4.86. The van der Waals surface area contributed by atoms with Gasteiger partial charge in [0.15, 0.2) is 0 Å². The van der Waals surface area contributed by atoms with Crippen molar-refractivity contribution in [2.75, 3.05) is 31.9 Å². The van der Waals surface area contributed by atoms with Crippen LogP contribution in [-0.4, -0.2) is 51.9 Å². The van der Waals surface area contributed by atoms with Crippen LogP contribution in [0.1, 0.15) is 16.2 Å². The maximum atomic E-state index is 13.9. The Kier molecular flexibility index (Phi) is 4.87. The third kappa shape index (κ3) is 3.63. The zero-order chi connectivity index (χ0) is 19.7. The molecule has 2 aromatic carbocycles. The lowest BCUT2D eigenvalue weighted by molar-refractivity contribution is 0.0620. The number of rotatable bonds is 3. The van der Waals surface area contributed by atoms with E-state index in [1.165, 1.54) is 4.90 Å². The van der Waals surface area contributed by atoms with Crippen LogP contribution in [0.25, 0.3) is 10.9 Å². The van der Waals surface area contributed by atoms with E-state index in [1.807, 2.05) is 24.3 Å². The summed E-state index contributed by atoms with van der Waals surface area (Å²) in [6, 6.07) is 10.5. The SMILES string of the molecule is Nc1nc(CN2CCN(C(=O)c3cc(F)ccc3F)CC2)nc2ccccc12. The average Bonchev–Trinajstić information content (AvgIpc) is 2.70. The van der Waals surface area contributed by atoms with Gasteiger partial charge in [-0.2, -0.15) is 0 Å². The Balaban J connectivity index is 1.42. The molecule has 1 aliphatic rings. The lowest BCUT2D eigenvalue weighted by Gasteiger charge is -2.34. The number of nitrogen functional groups attached to an aromatic ring is 1. The molecule has 8 heteroatoms. The van der Waals surface area contributed by atoms with Crippen molar-refractivity contribution < 1.29 is 13.6 Å². The van der Waals surface area contributed by atoms with Crippen molar-refractivity contribution in [3.05, 3.63) is 65.5 Å². The Morgan fingerprint density at radius 1 is 1.04 bits per heavy atom. The van der Waals surface area contributed by atoms with Crippen molar-refractivity contribution in [3.8, 4) is 0 Å².